The zero-order chi connectivity index (χ0) is 17.8. The van der Waals surface area contributed by atoms with E-state index in [1.807, 2.05) is 24.3 Å². The van der Waals surface area contributed by atoms with Gasteiger partial charge in [0.25, 0.3) is 0 Å². The molecule has 0 aliphatic carbocycles. The highest BCUT2D eigenvalue weighted by Gasteiger charge is 2.25. The van der Waals surface area contributed by atoms with E-state index in [0.29, 0.717) is 0 Å². The monoisotopic (exact) mass is 359 g/mol. The summed E-state index contributed by atoms with van der Waals surface area (Å²) in [5.74, 6) is 0.865. The first-order chi connectivity index (χ1) is 12.0. The van der Waals surface area contributed by atoms with Crippen molar-refractivity contribution in [2.24, 2.45) is 11.7 Å². The van der Waals surface area contributed by atoms with Crippen LogP contribution in [-0.4, -0.2) is 29.0 Å². The Hall–Kier alpha value is -2.34. The Morgan fingerprint density at radius 2 is 1.88 bits per heavy atom. The number of primary amides is 1. The molecule has 1 fully saturated rings. The lowest BCUT2D eigenvalue weighted by molar-refractivity contribution is -0.122. The van der Waals surface area contributed by atoms with Gasteiger partial charge in [-0.2, -0.15) is 4.98 Å². The van der Waals surface area contributed by atoms with Crippen molar-refractivity contribution in [1.29, 1.82) is 0 Å². The van der Waals surface area contributed by atoms with Gasteiger partial charge in [0.15, 0.2) is 0 Å². The first-order valence-corrected chi connectivity index (χ1v) is 8.81. The summed E-state index contributed by atoms with van der Waals surface area (Å²) >= 11 is 5.93. The second-order valence-corrected chi connectivity index (χ2v) is 6.80. The molecule has 6 nitrogen and oxygen atoms in total. The van der Waals surface area contributed by atoms with Crippen LogP contribution in [0.2, 0.25) is 5.02 Å². The molecule has 1 amide bonds. The fraction of sp³-hybridized carbons (Fsp3) is 0.389. The largest absolute Gasteiger partial charge is 0.369 e. The highest BCUT2D eigenvalue weighted by molar-refractivity contribution is 6.30. The summed E-state index contributed by atoms with van der Waals surface area (Å²) in [4.78, 5) is 22.1. The number of aromatic nitrogens is 2. The summed E-state index contributed by atoms with van der Waals surface area (Å²) in [5.41, 5.74) is 13.5. The van der Waals surface area contributed by atoms with Crippen molar-refractivity contribution in [1.82, 2.24) is 9.97 Å². The molecule has 0 spiro atoms. The van der Waals surface area contributed by atoms with Crippen molar-refractivity contribution in [3.63, 3.8) is 0 Å². The van der Waals surface area contributed by atoms with Crippen LogP contribution in [0.25, 0.3) is 0 Å². The van der Waals surface area contributed by atoms with E-state index in [-0.39, 0.29) is 17.8 Å². The number of anilines is 2. The number of hydrogen-bond donors (Lipinski definition) is 2. The first-order valence-electron chi connectivity index (χ1n) is 8.43. The van der Waals surface area contributed by atoms with Crippen LogP contribution >= 0.6 is 11.6 Å². The molecule has 2 aromatic rings. The number of benzene rings is 1. The van der Waals surface area contributed by atoms with E-state index >= 15 is 0 Å². The fourth-order valence-electron chi connectivity index (χ4n) is 3.17. The lowest BCUT2D eigenvalue weighted by atomic mass is 9.96. The van der Waals surface area contributed by atoms with Crippen molar-refractivity contribution in [3.8, 4) is 0 Å². The van der Waals surface area contributed by atoms with E-state index in [1.165, 1.54) is 5.56 Å². The number of nitrogen functional groups attached to an aromatic ring is 1. The molecule has 132 valence electrons. The summed E-state index contributed by atoms with van der Waals surface area (Å²) in [6.07, 6.45) is 4.97. The molecule has 1 saturated heterocycles. The molecular formula is C18H22ClN5O. The molecule has 0 bridgehead atoms. The molecule has 4 N–H and O–H groups in total. The van der Waals surface area contributed by atoms with Crippen molar-refractivity contribution < 1.29 is 4.79 Å². The summed E-state index contributed by atoms with van der Waals surface area (Å²) in [6.45, 7) is 1.50. The molecule has 2 heterocycles. The Labute approximate surface area is 152 Å². The normalized spacial score (nSPS) is 15.3. The zero-order valence-electron chi connectivity index (χ0n) is 14.0. The van der Waals surface area contributed by atoms with Gasteiger partial charge in [-0.25, -0.2) is 4.98 Å². The van der Waals surface area contributed by atoms with Crippen LogP contribution in [0.5, 0.6) is 0 Å². The predicted molar refractivity (Wildman–Crippen MR) is 99.4 cm³/mol. The molecule has 7 heteroatoms. The van der Waals surface area contributed by atoms with Crippen molar-refractivity contribution in [3.05, 3.63) is 46.6 Å². The lowest BCUT2D eigenvalue weighted by Gasteiger charge is -2.32. The van der Waals surface area contributed by atoms with Crippen LogP contribution in [-0.2, 0) is 17.6 Å². The molecule has 3 rings (SSSR count). The number of nitrogens with zero attached hydrogens (tertiary/aromatic N) is 3. The van der Waals surface area contributed by atoms with E-state index in [0.717, 1.165) is 55.2 Å². The van der Waals surface area contributed by atoms with Crippen molar-refractivity contribution in [2.75, 3.05) is 23.7 Å². The molecule has 1 aliphatic rings. The van der Waals surface area contributed by atoms with E-state index in [2.05, 4.69) is 14.9 Å². The zero-order valence-corrected chi connectivity index (χ0v) is 14.7. The van der Waals surface area contributed by atoms with Gasteiger partial charge in [-0.1, -0.05) is 23.7 Å². The molecular weight excluding hydrogens is 338 g/mol. The first kappa shape index (κ1) is 17.5. The smallest absolute Gasteiger partial charge is 0.221 e. The molecule has 0 atom stereocenters. The van der Waals surface area contributed by atoms with E-state index < -0.39 is 0 Å². The number of amides is 1. The van der Waals surface area contributed by atoms with E-state index in [4.69, 9.17) is 23.1 Å². The number of piperidine rings is 1. The number of halogens is 1. The molecule has 0 unspecified atom stereocenters. The predicted octanol–water partition coefficient (Wildman–Crippen LogP) is 2.20. The second-order valence-electron chi connectivity index (χ2n) is 6.37. The van der Waals surface area contributed by atoms with E-state index in [9.17, 15) is 4.79 Å². The van der Waals surface area contributed by atoms with E-state index in [1.54, 1.807) is 6.20 Å². The van der Waals surface area contributed by atoms with Crippen LogP contribution in [0.1, 0.15) is 24.0 Å². The minimum atomic E-state index is -0.218. The van der Waals surface area contributed by atoms with Gasteiger partial charge in [-0.05, 0) is 43.4 Å². The Morgan fingerprint density at radius 1 is 1.20 bits per heavy atom. The van der Waals surface area contributed by atoms with Gasteiger partial charge >= 0.3 is 0 Å². The summed E-state index contributed by atoms with van der Waals surface area (Å²) in [5, 5.41) is 0.734. The molecule has 0 radical (unpaired) electrons. The number of hydrogen-bond acceptors (Lipinski definition) is 5. The third-order valence-corrected chi connectivity index (χ3v) is 4.91. The maximum absolute atomic E-state index is 11.4. The van der Waals surface area contributed by atoms with Crippen molar-refractivity contribution in [2.45, 2.75) is 25.7 Å². The minimum absolute atomic E-state index is 0.0482. The minimum Gasteiger partial charge on any atom is -0.369 e. The van der Waals surface area contributed by atoms with Gasteiger partial charge in [0.05, 0.1) is 0 Å². The number of carbonyl (C=O) groups is 1. The highest BCUT2D eigenvalue weighted by Crippen LogP contribution is 2.26. The molecule has 1 aromatic heterocycles. The Morgan fingerprint density at radius 3 is 2.52 bits per heavy atom. The van der Waals surface area contributed by atoms with Crippen LogP contribution in [0.15, 0.2) is 30.5 Å². The number of rotatable bonds is 5. The standard InChI is InChI=1S/C18H22ClN5O/c19-15-5-2-12(3-6-15)1-4-14-11-22-18(21)23-17(14)24-9-7-13(8-10-24)16(20)25/h2-3,5-6,11,13H,1,4,7-10H2,(H2,20,25)(H2,21,22,23). The average molecular weight is 360 g/mol. The number of carbonyl (C=O) groups excluding carboxylic acids is 1. The van der Waals surface area contributed by atoms with Crippen molar-refractivity contribution >= 4 is 29.3 Å². The molecule has 0 saturated carbocycles. The third kappa shape index (κ3) is 4.39. The summed E-state index contributed by atoms with van der Waals surface area (Å²) < 4.78 is 0. The van der Waals surface area contributed by atoms with Crippen LogP contribution in [0.4, 0.5) is 11.8 Å². The maximum Gasteiger partial charge on any atom is 0.221 e. The quantitative estimate of drug-likeness (QED) is 0.852. The Bertz CT molecular complexity index is 742. The Kier molecular flexibility index (Phi) is 5.38. The number of nitrogens with two attached hydrogens (primary N) is 2. The molecule has 25 heavy (non-hydrogen) atoms. The number of aryl methyl sites for hydroxylation is 2. The second kappa shape index (κ2) is 7.70. The van der Waals surface area contributed by atoms with Gasteiger partial charge in [0, 0.05) is 35.8 Å². The average Bonchev–Trinajstić information content (AvgIpc) is 2.62. The van der Waals surface area contributed by atoms with Gasteiger partial charge in [0.2, 0.25) is 11.9 Å². The van der Waals surface area contributed by atoms with Gasteiger partial charge < -0.3 is 16.4 Å². The van der Waals surface area contributed by atoms with Gasteiger partial charge in [-0.15, -0.1) is 0 Å². The Balaban J connectivity index is 1.72. The molecule has 1 aliphatic heterocycles. The summed E-state index contributed by atoms with van der Waals surface area (Å²) in [6, 6.07) is 7.84. The fourth-order valence-corrected chi connectivity index (χ4v) is 3.29. The van der Waals surface area contributed by atoms with Crippen LogP contribution in [0.3, 0.4) is 0 Å². The SMILES string of the molecule is NC(=O)C1CCN(c2nc(N)ncc2CCc2ccc(Cl)cc2)CC1. The maximum atomic E-state index is 11.4. The van der Waals surface area contributed by atoms with Gasteiger partial charge in [0.1, 0.15) is 5.82 Å². The topological polar surface area (TPSA) is 98.1 Å². The summed E-state index contributed by atoms with van der Waals surface area (Å²) in [7, 11) is 0. The lowest BCUT2D eigenvalue weighted by Crippen LogP contribution is -2.39. The highest BCUT2D eigenvalue weighted by atomic mass is 35.5. The van der Waals surface area contributed by atoms with Crippen LogP contribution in [0, 0.1) is 5.92 Å². The molecule has 1 aromatic carbocycles. The third-order valence-electron chi connectivity index (χ3n) is 4.65. The van der Waals surface area contributed by atoms with Gasteiger partial charge in [-0.3, -0.25) is 4.79 Å². The van der Waals surface area contributed by atoms with Crippen LogP contribution < -0.4 is 16.4 Å².